The standard InChI is InChI=1S/C16H23BrFN/c1-2-8-19-14(9-12-4-3-5-12)10-13-6-7-16(18)15(17)11-13/h6-7,11-12,14,19H,2-5,8-10H2,1H3. The highest BCUT2D eigenvalue weighted by molar-refractivity contribution is 9.10. The summed E-state index contributed by atoms with van der Waals surface area (Å²) in [4.78, 5) is 0. The molecule has 0 saturated heterocycles. The van der Waals surface area contributed by atoms with Crippen LogP contribution in [0.5, 0.6) is 0 Å². The second-order valence-electron chi connectivity index (χ2n) is 5.64. The minimum Gasteiger partial charge on any atom is -0.314 e. The van der Waals surface area contributed by atoms with Gasteiger partial charge in [0.1, 0.15) is 5.82 Å². The Bertz CT molecular complexity index is 404. The van der Waals surface area contributed by atoms with Gasteiger partial charge in [0.2, 0.25) is 0 Å². The fourth-order valence-electron chi connectivity index (χ4n) is 2.67. The molecule has 0 aliphatic heterocycles. The summed E-state index contributed by atoms with van der Waals surface area (Å²) < 4.78 is 13.8. The smallest absolute Gasteiger partial charge is 0.137 e. The maximum atomic E-state index is 13.3. The SMILES string of the molecule is CCCNC(Cc1ccc(F)c(Br)c1)CC1CCC1. The van der Waals surface area contributed by atoms with Crippen molar-refractivity contribution in [3.63, 3.8) is 0 Å². The Morgan fingerprint density at radius 1 is 1.42 bits per heavy atom. The molecule has 0 radical (unpaired) electrons. The van der Waals surface area contributed by atoms with Gasteiger partial charge in [0.15, 0.2) is 0 Å². The second-order valence-corrected chi connectivity index (χ2v) is 6.49. The van der Waals surface area contributed by atoms with Gasteiger partial charge in [0, 0.05) is 6.04 Å². The van der Waals surface area contributed by atoms with Crippen molar-refractivity contribution in [2.24, 2.45) is 5.92 Å². The lowest BCUT2D eigenvalue weighted by Crippen LogP contribution is -2.35. The molecule has 1 aliphatic carbocycles. The van der Waals surface area contributed by atoms with Gasteiger partial charge in [0.25, 0.3) is 0 Å². The first-order chi connectivity index (χ1) is 9.19. The molecular formula is C16H23BrFN. The molecule has 0 heterocycles. The minimum absolute atomic E-state index is 0.180. The number of benzene rings is 1. The summed E-state index contributed by atoms with van der Waals surface area (Å²) in [6.07, 6.45) is 7.58. The molecule has 1 saturated carbocycles. The highest BCUT2D eigenvalue weighted by Crippen LogP contribution is 2.31. The fourth-order valence-corrected chi connectivity index (χ4v) is 3.10. The van der Waals surface area contributed by atoms with Crippen LogP contribution in [-0.2, 0) is 6.42 Å². The number of nitrogens with one attached hydrogen (secondary N) is 1. The molecule has 0 amide bonds. The van der Waals surface area contributed by atoms with E-state index in [1.165, 1.54) is 31.2 Å². The van der Waals surface area contributed by atoms with Crippen molar-refractivity contribution in [2.75, 3.05) is 6.54 Å². The summed E-state index contributed by atoms with van der Waals surface area (Å²) in [6.45, 7) is 3.27. The van der Waals surface area contributed by atoms with E-state index >= 15 is 0 Å². The van der Waals surface area contributed by atoms with Crippen molar-refractivity contribution >= 4 is 15.9 Å². The first-order valence-electron chi connectivity index (χ1n) is 7.36. The lowest BCUT2D eigenvalue weighted by atomic mass is 9.80. The number of halogens is 2. The van der Waals surface area contributed by atoms with Crippen LogP contribution in [0, 0.1) is 11.7 Å². The molecular weight excluding hydrogens is 305 g/mol. The zero-order valence-electron chi connectivity index (χ0n) is 11.6. The summed E-state index contributed by atoms with van der Waals surface area (Å²) in [5.41, 5.74) is 1.21. The van der Waals surface area contributed by atoms with Crippen LogP contribution in [0.3, 0.4) is 0 Å². The Labute approximate surface area is 124 Å². The molecule has 1 N–H and O–H groups in total. The quantitative estimate of drug-likeness (QED) is 0.766. The van der Waals surface area contributed by atoms with Crippen molar-refractivity contribution in [3.8, 4) is 0 Å². The van der Waals surface area contributed by atoms with Crippen LogP contribution in [0.25, 0.3) is 0 Å². The molecule has 2 rings (SSSR count). The third-order valence-electron chi connectivity index (χ3n) is 3.99. The van der Waals surface area contributed by atoms with Gasteiger partial charge in [-0.3, -0.25) is 0 Å². The van der Waals surface area contributed by atoms with Gasteiger partial charge in [-0.2, -0.15) is 0 Å². The average Bonchev–Trinajstić information content (AvgIpc) is 2.35. The summed E-state index contributed by atoms with van der Waals surface area (Å²) in [5, 5.41) is 3.64. The van der Waals surface area contributed by atoms with Crippen molar-refractivity contribution in [1.82, 2.24) is 5.32 Å². The van der Waals surface area contributed by atoms with Crippen LogP contribution in [0.1, 0.15) is 44.6 Å². The monoisotopic (exact) mass is 327 g/mol. The first kappa shape index (κ1) is 15.0. The summed E-state index contributed by atoms with van der Waals surface area (Å²) in [6, 6.07) is 5.90. The van der Waals surface area contributed by atoms with Crippen LogP contribution >= 0.6 is 15.9 Å². The molecule has 0 aromatic heterocycles. The van der Waals surface area contributed by atoms with E-state index in [0.29, 0.717) is 10.5 Å². The third-order valence-corrected chi connectivity index (χ3v) is 4.60. The molecule has 1 aliphatic rings. The lowest BCUT2D eigenvalue weighted by molar-refractivity contribution is 0.259. The van der Waals surface area contributed by atoms with Gasteiger partial charge in [-0.25, -0.2) is 4.39 Å². The highest BCUT2D eigenvalue weighted by atomic mass is 79.9. The van der Waals surface area contributed by atoms with E-state index in [4.69, 9.17) is 0 Å². The maximum absolute atomic E-state index is 13.3. The van der Waals surface area contributed by atoms with Crippen LogP contribution in [0.4, 0.5) is 4.39 Å². The fraction of sp³-hybridized carbons (Fsp3) is 0.625. The van der Waals surface area contributed by atoms with E-state index in [9.17, 15) is 4.39 Å². The van der Waals surface area contributed by atoms with Gasteiger partial charge < -0.3 is 5.32 Å². The lowest BCUT2D eigenvalue weighted by Gasteiger charge is -2.30. The Kier molecular flexibility index (Phi) is 5.83. The predicted molar refractivity (Wildman–Crippen MR) is 81.8 cm³/mol. The van der Waals surface area contributed by atoms with Crippen molar-refractivity contribution < 1.29 is 4.39 Å². The second kappa shape index (κ2) is 7.39. The first-order valence-corrected chi connectivity index (χ1v) is 8.15. The molecule has 1 aromatic carbocycles. The zero-order valence-corrected chi connectivity index (χ0v) is 13.2. The largest absolute Gasteiger partial charge is 0.314 e. The topological polar surface area (TPSA) is 12.0 Å². The van der Waals surface area contributed by atoms with Crippen LogP contribution < -0.4 is 5.32 Å². The molecule has 1 aromatic rings. The number of hydrogen-bond acceptors (Lipinski definition) is 1. The van der Waals surface area contributed by atoms with E-state index < -0.39 is 0 Å². The summed E-state index contributed by atoms with van der Waals surface area (Å²) >= 11 is 3.27. The van der Waals surface area contributed by atoms with Gasteiger partial charge in [-0.15, -0.1) is 0 Å². The molecule has 3 heteroatoms. The molecule has 1 unspecified atom stereocenters. The predicted octanol–water partition coefficient (Wildman–Crippen LogP) is 4.69. The summed E-state index contributed by atoms with van der Waals surface area (Å²) in [7, 11) is 0. The molecule has 19 heavy (non-hydrogen) atoms. The van der Waals surface area contributed by atoms with Crippen LogP contribution in [-0.4, -0.2) is 12.6 Å². The minimum atomic E-state index is -0.180. The van der Waals surface area contributed by atoms with Crippen LogP contribution in [0.2, 0.25) is 0 Å². The van der Waals surface area contributed by atoms with Gasteiger partial charge in [0.05, 0.1) is 4.47 Å². The third kappa shape index (κ3) is 4.57. The van der Waals surface area contributed by atoms with E-state index in [1.54, 1.807) is 6.07 Å². The molecule has 1 nitrogen and oxygen atoms in total. The normalized spacial score (nSPS) is 17.2. The van der Waals surface area contributed by atoms with Gasteiger partial charge in [-0.1, -0.05) is 32.3 Å². The molecule has 1 atom stereocenters. The average molecular weight is 328 g/mol. The summed E-state index contributed by atoms with van der Waals surface area (Å²) in [5.74, 6) is 0.721. The van der Waals surface area contributed by atoms with Gasteiger partial charge in [-0.05, 0) is 65.4 Å². The van der Waals surface area contributed by atoms with E-state index in [-0.39, 0.29) is 5.82 Å². The number of hydrogen-bond donors (Lipinski definition) is 1. The van der Waals surface area contributed by atoms with Crippen LogP contribution in [0.15, 0.2) is 22.7 Å². The Balaban J connectivity index is 1.94. The molecule has 0 spiro atoms. The van der Waals surface area contributed by atoms with E-state index in [0.717, 1.165) is 25.3 Å². The molecule has 0 bridgehead atoms. The van der Waals surface area contributed by atoms with Crippen molar-refractivity contribution in [1.29, 1.82) is 0 Å². The van der Waals surface area contributed by atoms with Gasteiger partial charge >= 0.3 is 0 Å². The van der Waals surface area contributed by atoms with E-state index in [2.05, 4.69) is 28.2 Å². The Hall–Kier alpha value is -0.410. The van der Waals surface area contributed by atoms with E-state index in [1.807, 2.05) is 12.1 Å². The van der Waals surface area contributed by atoms with Crippen molar-refractivity contribution in [2.45, 2.75) is 51.5 Å². The maximum Gasteiger partial charge on any atom is 0.137 e. The Morgan fingerprint density at radius 2 is 2.21 bits per heavy atom. The molecule has 106 valence electrons. The van der Waals surface area contributed by atoms with Crippen molar-refractivity contribution in [3.05, 3.63) is 34.1 Å². The zero-order chi connectivity index (χ0) is 13.7. The highest BCUT2D eigenvalue weighted by Gasteiger charge is 2.22. The number of rotatable bonds is 7. The molecule has 1 fully saturated rings. The Morgan fingerprint density at radius 3 is 2.79 bits per heavy atom.